The molecule has 0 spiro atoms. The van der Waals surface area contributed by atoms with E-state index in [0.29, 0.717) is 11.6 Å². The number of nitrogens with one attached hydrogen (secondary N) is 1. The maximum absolute atomic E-state index is 13.0. The van der Waals surface area contributed by atoms with E-state index in [-0.39, 0.29) is 11.5 Å². The summed E-state index contributed by atoms with van der Waals surface area (Å²) in [6, 6.07) is 7.82. The van der Waals surface area contributed by atoms with Crippen molar-refractivity contribution in [3.63, 3.8) is 0 Å². The Morgan fingerprint density at radius 2 is 1.97 bits per heavy atom. The molecule has 0 radical (unpaired) electrons. The number of amides is 1. The molecule has 1 aromatic carbocycles. The van der Waals surface area contributed by atoms with Crippen LogP contribution in [0.25, 0.3) is 0 Å². The second-order valence-electron chi connectivity index (χ2n) is 6.38. The minimum absolute atomic E-state index is 0.0492. The first kappa shape index (κ1) is 21.2. The van der Waals surface area contributed by atoms with Crippen molar-refractivity contribution in [1.29, 1.82) is 0 Å². The summed E-state index contributed by atoms with van der Waals surface area (Å²) < 4.78 is 41.5. The first-order valence-corrected chi connectivity index (χ1v) is 9.22. The SMILES string of the molecule is Cc1c(Cl)c(C(F)(F)F)nn1C(C)C(=O)Nc1ccn(Cc2cccc(Cl)c2)n1. The number of carbonyl (C=O) groups excluding carboxylic acids is 1. The van der Waals surface area contributed by atoms with Gasteiger partial charge >= 0.3 is 6.18 Å². The van der Waals surface area contributed by atoms with Gasteiger partial charge in [-0.25, -0.2) is 0 Å². The lowest BCUT2D eigenvalue weighted by Gasteiger charge is -2.13. The van der Waals surface area contributed by atoms with Crippen LogP contribution in [0.2, 0.25) is 10.0 Å². The van der Waals surface area contributed by atoms with Crippen molar-refractivity contribution in [1.82, 2.24) is 19.6 Å². The number of alkyl halides is 3. The Labute approximate surface area is 174 Å². The molecule has 11 heteroatoms. The highest BCUT2D eigenvalue weighted by Gasteiger charge is 2.39. The Kier molecular flexibility index (Phi) is 5.90. The van der Waals surface area contributed by atoms with E-state index in [0.717, 1.165) is 10.2 Å². The highest BCUT2D eigenvalue weighted by molar-refractivity contribution is 6.32. The molecule has 1 amide bonds. The summed E-state index contributed by atoms with van der Waals surface area (Å²) >= 11 is 11.7. The van der Waals surface area contributed by atoms with Gasteiger partial charge in [-0.3, -0.25) is 14.2 Å². The molecule has 1 atom stereocenters. The third-order valence-electron chi connectivity index (χ3n) is 4.22. The number of halogens is 5. The van der Waals surface area contributed by atoms with Gasteiger partial charge in [-0.05, 0) is 31.5 Å². The van der Waals surface area contributed by atoms with Crippen LogP contribution in [0.4, 0.5) is 19.0 Å². The van der Waals surface area contributed by atoms with Crippen molar-refractivity contribution in [3.05, 3.63) is 63.5 Å². The molecule has 0 saturated heterocycles. The summed E-state index contributed by atoms with van der Waals surface area (Å²) in [4.78, 5) is 12.5. The lowest BCUT2D eigenvalue weighted by Crippen LogP contribution is -2.26. The van der Waals surface area contributed by atoms with Gasteiger partial charge in [0.25, 0.3) is 0 Å². The Balaban J connectivity index is 1.72. The van der Waals surface area contributed by atoms with Gasteiger partial charge in [0.05, 0.1) is 17.3 Å². The van der Waals surface area contributed by atoms with E-state index >= 15 is 0 Å². The second-order valence-corrected chi connectivity index (χ2v) is 7.20. The summed E-state index contributed by atoms with van der Waals surface area (Å²) in [6.07, 6.45) is -3.04. The van der Waals surface area contributed by atoms with Crippen LogP contribution in [0.3, 0.4) is 0 Å². The van der Waals surface area contributed by atoms with Crippen LogP contribution < -0.4 is 5.32 Å². The van der Waals surface area contributed by atoms with E-state index in [4.69, 9.17) is 23.2 Å². The van der Waals surface area contributed by atoms with E-state index in [9.17, 15) is 18.0 Å². The minimum Gasteiger partial charge on any atom is -0.307 e. The third kappa shape index (κ3) is 4.73. The molecular weight excluding hydrogens is 430 g/mol. The topological polar surface area (TPSA) is 64.7 Å². The lowest BCUT2D eigenvalue weighted by atomic mass is 10.2. The zero-order chi connectivity index (χ0) is 21.3. The number of rotatable bonds is 5. The van der Waals surface area contributed by atoms with Gasteiger partial charge in [-0.1, -0.05) is 35.3 Å². The number of nitrogens with zero attached hydrogens (tertiary/aromatic N) is 4. The molecule has 0 bridgehead atoms. The molecule has 0 saturated carbocycles. The number of anilines is 1. The smallest absolute Gasteiger partial charge is 0.307 e. The van der Waals surface area contributed by atoms with Crippen molar-refractivity contribution in [2.24, 2.45) is 0 Å². The molecule has 0 aliphatic rings. The van der Waals surface area contributed by atoms with Gasteiger partial charge in [-0.2, -0.15) is 23.4 Å². The first-order valence-electron chi connectivity index (χ1n) is 8.47. The van der Waals surface area contributed by atoms with Gasteiger partial charge in [0.2, 0.25) is 5.91 Å². The standard InChI is InChI=1S/C18H16Cl2F3N5O/c1-10-15(20)16(18(21,22)23)26-28(10)11(2)17(29)24-14-6-7-27(25-14)9-12-4-3-5-13(19)8-12/h3-8,11H,9H2,1-2H3,(H,24,25,29). The average molecular weight is 446 g/mol. The van der Waals surface area contributed by atoms with Crippen molar-refractivity contribution >= 4 is 34.9 Å². The second kappa shape index (κ2) is 8.08. The van der Waals surface area contributed by atoms with E-state index in [1.54, 1.807) is 29.1 Å². The maximum Gasteiger partial charge on any atom is 0.436 e. The number of hydrogen-bond acceptors (Lipinski definition) is 3. The van der Waals surface area contributed by atoms with Crippen LogP contribution in [0.1, 0.15) is 29.9 Å². The monoisotopic (exact) mass is 445 g/mol. The van der Waals surface area contributed by atoms with Crippen LogP contribution in [0, 0.1) is 6.92 Å². The van der Waals surface area contributed by atoms with E-state index < -0.39 is 28.8 Å². The van der Waals surface area contributed by atoms with Crippen LogP contribution in [0.5, 0.6) is 0 Å². The quantitative estimate of drug-likeness (QED) is 0.603. The average Bonchev–Trinajstić information content (AvgIpc) is 3.19. The maximum atomic E-state index is 13.0. The molecule has 0 aliphatic heterocycles. The normalized spacial score (nSPS) is 12.8. The molecular formula is C18H16Cl2F3N5O. The van der Waals surface area contributed by atoms with E-state index in [2.05, 4.69) is 15.5 Å². The third-order valence-corrected chi connectivity index (χ3v) is 4.90. The fourth-order valence-corrected chi connectivity index (χ4v) is 3.18. The van der Waals surface area contributed by atoms with Crippen LogP contribution in [-0.2, 0) is 17.5 Å². The summed E-state index contributed by atoms with van der Waals surface area (Å²) in [5.74, 6) is -0.315. The van der Waals surface area contributed by atoms with Gasteiger partial charge in [-0.15, -0.1) is 0 Å². The zero-order valence-corrected chi connectivity index (χ0v) is 16.8. The molecule has 0 fully saturated rings. The molecule has 6 nitrogen and oxygen atoms in total. The van der Waals surface area contributed by atoms with Crippen molar-refractivity contribution < 1.29 is 18.0 Å². The van der Waals surface area contributed by atoms with Crippen molar-refractivity contribution in [2.75, 3.05) is 5.32 Å². The summed E-state index contributed by atoms with van der Waals surface area (Å²) in [6.45, 7) is 3.23. The molecule has 2 aromatic heterocycles. The summed E-state index contributed by atoms with van der Waals surface area (Å²) in [5.41, 5.74) is -0.247. The van der Waals surface area contributed by atoms with Crippen molar-refractivity contribution in [2.45, 2.75) is 32.6 Å². The highest BCUT2D eigenvalue weighted by atomic mass is 35.5. The number of aromatic nitrogens is 4. The highest BCUT2D eigenvalue weighted by Crippen LogP contribution is 2.36. The van der Waals surface area contributed by atoms with Gasteiger partial charge < -0.3 is 5.32 Å². The zero-order valence-electron chi connectivity index (χ0n) is 15.3. The van der Waals surface area contributed by atoms with Crippen LogP contribution in [0.15, 0.2) is 36.5 Å². The summed E-state index contributed by atoms with van der Waals surface area (Å²) in [5, 5.41) is 10.4. The molecule has 1 unspecified atom stereocenters. The molecule has 0 aliphatic carbocycles. The molecule has 3 rings (SSSR count). The van der Waals surface area contributed by atoms with Crippen molar-refractivity contribution in [3.8, 4) is 0 Å². The van der Waals surface area contributed by atoms with Gasteiger partial charge in [0, 0.05) is 17.3 Å². The summed E-state index contributed by atoms with van der Waals surface area (Å²) in [7, 11) is 0. The van der Waals surface area contributed by atoms with E-state index in [1.807, 2.05) is 12.1 Å². The first-order chi connectivity index (χ1) is 13.6. The Morgan fingerprint density at radius 1 is 1.24 bits per heavy atom. The Hall–Kier alpha value is -2.52. The molecule has 2 heterocycles. The predicted molar refractivity (Wildman–Crippen MR) is 103 cm³/mol. The van der Waals surface area contributed by atoms with Gasteiger partial charge in [0.1, 0.15) is 6.04 Å². The number of hydrogen-bond donors (Lipinski definition) is 1. The predicted octanol–water partition coefficient (Wildman–Crippen LogP) is 4.96. The van der Waals surface area contributed by atoms with Crippen LogP contribution >= 0.6 is 23.2 Å². The minimum atomic E-state index is -4.71. The Bertz CT molecular complexity index is 1040. The van der Waals surface area contributed by atoms with Crippen LogP contribution in [-0.4, -0.2) is 25.5 Å². The molecule has 1 N–H and O–H groups in total. The Morgan fingerprint density at radius 3 is 2.59 bits per heavy atom. The largest absolute Gasteiger partial charge is 0.436 e. The van der Waals surface area contributed by atoms with E-state index in [1.165, 1.54) is 13.8 Å². The molecule has 154 valence electrons. The lowest BCUT2D eigenvalue weighted by molar-refractivity contribution is -0.141. The van der Waals surface area contributed by atoms with Gasteiger partial charge in [0.15, 0.2) is 11.5 Å². The fourth-order valence-electron chi connectivity index (χ4n) is 2.74. The molecule has 29 heavy (non-hydrogen) atoms. The fraction of sp³-hybridized carbons (Fsp3) is 0.278. The molecule has 3 aromatic rings. The number of carbonyl (C=O) groups is 1. The number of benzene rings is 1.